The van der Waals surface area contributed by atoms with Crippen LogP contribution in [0.4, 0.5) is 14.5 Å². The van der Waals surface area contributed by atoms with Gasteiger partial charge >= 0.3 is 5.69 Å². The van der Waals surface area contributed by atoms with Crippen LogP contribution in [0, 0.1) is 21.7 Å². The topological polar surface area (TPSA) is 61.6 Å². The molecule has 0 aliphatic carbocycles. The van der Waals surface area contributed by atoms with E-state index in [9.17, 15) is 18.9 Å². The van der Waals surface area contributed by atoms with Gasteiger partial charge < -0.3 is 9.47 Å². The summed E-state index contributed by atoms with van der Waals surface area (Å²) in [5, 5.41) is 10.6. The highest BCUT2D eigenvalue weighted by atomic mass is 19.1. The van der Waals surface area contributed by atoms with Crippen molar-refractivity contribution >= 4 is 5.69 Å². The van der Waals surface area contributed by atoms with Crippen LogP contribution in [0.2, 0.25) is 0 Å². The van der Waals surface area contributed by atoms with Gasteiger partial charge in [0.05, 0.1) is 19.1 Å². The van der Waals surface area contributed by atoms with Crippen molar-refractivity contribution in [2.24, 2.45) is 0 Å². The van der Waals surface area contributed by atoms with Crippen LogP contribution in [0.25, 0.3) is 0 Å². The number of nitrogens with zero attached hydrogens (tertiary/aromatic N) is 1. The van der Waals surface area contributed by atoms with Crippen LogP contribution >= 0.6 is 0 Å². The SMILES string of the molecule is COc1c(F)cc(F)c(OC)c1[N+](=O)[O-]. The fourth-order valence-electron chi connectivity index (χ4n) is 1.13. The highest BCUT2D eigenvalue weighted by Gasteiger charge is 2.29. The van der Waals surface area contributed by atoms with Crippen LogP contribution in [0.3, 0.4) is 0 Å². The number of ether oxygens (including phenoxy) is 2. The summed E-state index contributed by atoms with van der Waals surface area (Å²) in [4.78, 5) is 9.61. The van der Waals surface area contributed by atoms with Gasteiger partial charge in [-0.3, -0.25) is 10.1 Å². The van der Waals surface area contributed by atoms with Crippen LogP contribution in [0.5, 0.6) is 11.5 Å². The third-order valence-corrected chi connectivity index (χ3v) is 1.71. The van der Waals surface area contributed by atoms with Crippen molar-refractivity contribution in [3.63, 3.8) is 0 Å². The molecule has 15 heavy (non-hydrogen) atoms. The lowest BCUT2D eigenvalue weighted by Crippen LogP contribution is -2.02. The molecule has 0 amide bonds. The van der Waals surface area contributed by atoms with Crippen LogP contribution in [-0.4, -0.2) is 19.1 Å². The number of hydrogen-bond acceptors (Lipinski definition) is 4. The number of rotatable bonds is 3. The van der Waals surface area contributed by atoms with Gasteiger partial charge in [-0.25, -0.2) is 8.78 Å². The highest BCUT2D eigenvalue weighted by molar-refractivity contribution is 5.58. The number of nitro benzene ring substituents is 1. The Hall–Kier alpha value is -1.92. The van der Waals surface area contributed by atoms with Crippen molar-refractivity contribution in [1.29, 1.82) is 0 Å². The third kappa shape index (κ3) is 1.80. The van der Waals surface area contributed by atoms with E-state index < -0.39 is 33.7 Å². The van der Waals surface area contributed by atoms with Crippen LogP contribution in [-0.2, 0) is 0 Å². The molecule has 1 rings (SSSR count). The van der Waals surface area contributed by atoms with E-state index in [0.29, 0.717) is 6.07 Å². The Morgan fingerprint density at radius 1 is 1.20 bits per heavy atom. The first-order valence-corrected chi connectivity index (χ1v) is 3.77. The Labute approximate surface area is 83.4 Å². The van der Waals surface area contributed by atoms with E-state index >= 15 is 0 Å². The molecule has 0 bridgehead atoms. The minimum atomic E-state index is -1.15. The van der Waals surface area contributed by atoms with Gasteiger partial charge in [0, 0.05) is 6.07 Å². The maximum absolute atomic E-state index is 13.1. The second-order valence-corrected chi connectivity index (χ2v) is 2.51. The summed E-state index contributed by atoms with van der Waals surface area (Å²) in [5.41, 5.74) is -0.863. The highest BCUT2D eigenvalue weighted by Crippen LogP contribution is 2.40. The molecule has 0 aliphatic rings. The van der Waals surface area contributed by atoms with E-state index in [1.54, 1.807) is 0 Å². The Kier molecular flexibility index (Phi) is 3.03. The molecule has 0 aromatic heterocycles. The third-order valence-electron chi connectivity index (χ3n) is 1.71. The van der Waals surface area contributed by atoms with Crippen LogP contribution in [0.15, 0.2) is 6.07 Å². The van der Waals surface area contributed by atoms with Gasteiger partial charge in [0.1, 0.15) is 0 Å². The van der Waals surface area contributed by atoms with Gasteiger partial charge in [0.25, 0.3) is 0 Å². The molecular formula is C8H7F2NO4. The van der Waals surface area contributed by atoms with Crippen molar-refractivity contribution < 1.29 is 23.2 Å². The summed E-state index contributed by atoms with van der Waals surface area (Å²) in [6, 6.07) is 0.463. The van der Waals surface area contributed by atoms with Gasteiger partial charge in [0.15, 0.2) is 11.6 Å². The molecule has 0 aliphatic heterocycles. The summed E-state index contributed by atoms with van der Waals surface area (Å²) in [6.45, 7) is 0. The van der Waals surface area contributed by atoms with Gasteiger partial charge in [-0.05, 0) is 0 Å². The Bertz CT molecular complexity index is 380. The molecule has 1 aromatic rings. The lowest BCUT2D eigenvalue weighted by molar-refractivity contribution is -0.387. The first-order chi connectivity index (χ1) is 7.02. The number of hydrogen-bond donors (Lipinski definition) is 0. The van der Waals surface area contributed by atoms with E-state index in [0.717, 1.165) is 14.2 Å². The molecular weight excluding hydrogens is 212 g/mol. The first kappa shape index (κ1) is 11.2. The molecule has 0 unspecified atom stereocenters. The van der Waals surface area contributed by atoms with Crippen molar-refractivity contribution in [2.45, 2.75) is 0 Å². The van der Waals surface area contributed by atoms with Gasteiger partial charge in [-0.1, -0.05) is 0 Å². The zero-order valence-electron chi connectivity index (χ0n) is 7.91. The van der Waals surface area contributed by atoms with Crippen molar-refractivity contribution in [2.75, 3.05) is 14.2 Å². The molecule has 0 saturated heterocycles. The monoisotopic (exact) mass is 219 g/mol. The van der Waals surface area contributed by atoms with Gasteiger partial charge in [-0.15, -0.1) is 0 Å². The number of nitro groups is 1. The summed E-state index contributed by atoms with van der Waals surface area (Å²) < 4.78 is 35.1. The summed E-state index contributed by atoms with van der Waals surface area (Å²) >= 11 is 0. The second-order valence-electron chi connectivity index (χ2n) is 2.51. The molecule has 0 N–H and O–H groups in total. The van der Waals surface area contributed by atoms with Crippen molar-refractivity contribution in [3.05, 3.63) is 27.8 Å². The van der Waals surface area contributed by atoms with Crippen molar-refractivity contribution in [3.8, 4) is 11.5 Å². The normalized spacial score (nSPS) is 9.87. The predicted molar refractivity (Wildman–Crippen MR) is 46.1 cm³/mol. The summed E-state index contributed by atoms with van der Waals surface area (Å²) in [5.74, 6) is -3.61. The van der Waals surface area contributed by atoms with E-state index in [1.165, 1.54) is 0 Å². The average Bonchev–Trinajstić information content (AvgIpc) is 2.16. The lowest BCUT2D eigenvalue weighted by Gasteiger charge is -2.07. The zero-order valence-corrected chi connectivity index (χ0v) is 7.91. The summed E-state index contributed by atoms with van der Waals surface area (Å²) in [6.07, 6.45) is 0. The smallest absolute Gasteiger partial charge is 0.358 e. The molecule has 7 heteroatoms. The number of benzene rings is 1. The largest absolute Gasteiger partial charge is 0.488 e. The number of methoxy groups -OCH3 is 2. The molecule has 0 atom stereocenters. The molecule has 0 heterocycles. The molecule has 5 nitrogen and oxygen atoms in total. The molecule has 0 fully saturated rings. The fourth-order valence-corrected chi connectivity index (χ4v) is 1.13. The second kappa shape index (κ2) is 4.07. The Morgan fingerprint density at radius 3 is 1.87 bits per heavy atom. The molecule has 1 aromatic carbocycles. The average molecular weight is 219 g/mol. The Morgan fingerprint density at radius 2 is 1.60 bits per heavy atom. The van der Waals surface area contributed by atoms with E-state index in [-0.39, 0.29) is 0 Å². The van der Waals surface area contributed by atoms with Crippen LogP contribution < -0.4 is 9.47 Å². The maximum Gasteiger partial charge on any atom is 0.358 e. The molecule has 0 spiro atoms. The maximum atomic E-state index is 13.1. The van der Waals surface area contributed by atoms with Gasteiger partial charge in [0.2, 0.25) is 11.5 Å². The molecule has 0 saturated carbocycles. The van der Waals surface area contributed by atoms with E-state index in [4.69, 9.17) is 0 Å². The first-order valence-electron chi connectivity index (χ1n) is 3.77. The van der Waals surface area contributed by atoms with Crippen LogP contribution in [0.1, 0.15) is 0 Å². The Balaban J connectivity index is 3.58. The predicted octanol–water partition coefficient (Wildman–Crippen LogP) is 1.89. The lowest BCUT2D eigenvalue weighted by atomic mass is 10.2. The quantitative estimate of drug-likeness (QED) is 0.575. The minimum Gasteiger partial charge on any atom is -0.488 e. The minimum absolute atomic E-state index is 0.463. The summed E-state index contributed by atoms with van der Waals surface area (Å²) in [7, 11) is 2.09. The van der Waals surface area contributed by atoms with E-state index in [2.05, 4.69) is 9.47 Å². The zero-order chi connectivity index (χ0) is 11.6. The fraction of sp³-hybridized carbons (Fsp3) is 0.250. The standard InChI is InChI=1S/C8H7F2NO4/c1-14-7-4(9)3-5(10)8(15-2)6(7)11(12)13/h3H,1-2H3. The van der Waals surface area contributed by atoms with E-state index in [1.807, 2.05) is 0 Å². The van der Waals surface area contributed by atoms with Crippen molar-refractivity contribution in [1.82, 2.24) is 0 Å². The number of halogens is 2. The molecule has 82 valence electrons. The molecule has 0 radical (unpaired) electrons. The van der Waals surface area contributed by atoms with Gasteiger partial charge in [-0.2, -0.15) is 0 Å².